The summed E-state index contributed by atoms with van der Waals surface area (Å²) in [5.74, 6) is 0. The van der Waals surface area contributed by atoms with Crippen molar-refractivity contribution in [1.82, 2.24) is 5.32 Å². The second-order valence-corrected chi connectivity index (χ2v) is 4.98. The SMILES string of the molecule is Cc1ccccc1[C@H](C)NCC1CCCCO1. The molecule has 2 rings (SSSR count). The maximum absolute atomic E-state index is 5.73. The first-order chi connectivity index (χ1) is 8.27. The molecule has 0 spiro atoms. The monoisotopic (exact) mass is 233 g/mol. The normalized spacial score (nSPS) is 22.4. The number of ether oxygens (including phenoxy) is 1. The third-order valence-corrected chi connectivity index (χ3v) is 3.58. The van der Waals surface area contributed by atoms with Gasteiger partial charge in [0.15, 0.2) is 0 Å². The molecule has 2 atom stereocenters. The quantitative estimate of drug-likeness (QED) is 0.862. The fourth-order valence-corrected chi connectivity index (χ4v) is 2.46. The van der Waals surface area contributed by atoms with E-state index < -0.39 is 0 Å². The van der Waals surface area contributed by atoms with Crippen molar-refractivity contribution < 1.29 is 4.74 Å². The first kappa shape index (κ1) is 12.6. The highest BCUT2D eigenvalue weighted by atomic mass is 16.5. The fourth-order valence-electron chi connectivity index (χ4n) is 2.46. The van der Waals surface area contributed by atoms with Gasteiger partial charge in [-0.1, -0.05) is 24.3 Å². The van der Waals surface area contributed by atoms with Gasteiger partial charge in [-0.3, -0.25) is 0 Å². The Morgan fingerprint density at radius 2 is 2.18 bits per heavy atom. The van der Waals surface area contributed by atoms with E-state index in [9.17, 15) is 0 Å². The lowest BCUT2D eigenvalue weighted by Crippen LogP contribution is -2.33. The minimum atomic E-state index is 0.404. The number of nitrogens with one attached hydrogen (secondary N) is 1. The average Bonchev–Trinajstić information content (AvgIpc) is 2.38. The van der Waals surface area contributed by atoms with Crippen LogP contribution in [0.15, 0.2) is 24.3 Å². The third kappa shape index (κ3) is 3.55. The third-order valence-electron chi connectivity index (χ3n) is 3.58. The highest BCUT2D eigenvalue weighted by molar-refractivity contribution is 5.28. The van der Waals surface area contributed by atoms with Gasteiger partial charge in [-0.05, 0) is 44.2 Å². The Labute approximate surface area is 104 Å². The summed E-state index contributed by atoms with van der Waals surface area (Å²) in [6.07, 6.45) is 4.15. The van der Waals surface area contributed by atoms with Crippen molar-refractivity contribution in [3.05, 3.63) is 35.4 Å². The molecule has 1 aliphatic heterocycles. The molecule has 1 N–H and O–H groups in total. The Balaban J connectivity index is 1.84. The molecule has 0 aliphatic carbocycles. The van der Waals surface area contributed by atoms with Gasteiger partial charge in [0.2, 0.25) is 0 Å². The Morgan fingerprint density at radius 1 is 1.35 bits per heavy atom. The maximum Gasteiger partial charge on any atom is 0.0699 e. The Kier molecular flexibility index (Phi) is 4.57. The average molecular weight is 233 g/mol. The summed E-state index contributed by atoms with van der Waals surface area (Å²) < 4.78 is 5.73. The van der Waals surface area contributed by atoms with Crippen molar-refractivity contribution >= 4 is 0 Å². The van der Waals surface area contributed by atoms with E-state index in [1.165, 1.54) is 30.4 Å². The topological polar surface area (TPSA) is 21.3 Å². The van der Waals surface area contributed by atoms with E-state index in [0.29, 0.717) is 12.1 Å². The van der Waals surface area contributed by atoms with Crippen molar-refractivity contribution in [2.24, 2.45) is 0 Å². The number of aryl methyl sites for hydroxylation is 1. The summed E-state index contributed by atoms with van der Waals surface area (Å²) in [4.78, 5) is 0. The van der Waals surface area contributed by atoms with Crippen LogP contribution in [-0.2, 0) is 4.74 Å². The van der Waals surface area contributed by atoms with Crippen LogP contribution in [0.5, 0.6) is 0 Å². The molecule has 0 radical (unpaired) electrons. The number of hydrogen-bond donors (Lipinski definition) is 1. The smallest absolute Gasteiger partial charge is 0.0699 e. The molecule has 1 unspecified atom stereocenters. The van der Waals surface area contributed by atoms with Crippen LogP contribution in [0.2, 0.25) is 0 Å². The molecule has 0 amide bonds. The van der Waals surface area contributed by atoms with Crippen molar-refractivity contribution in [2.45, 2.75) is 45.3 Å². The summed E-state index contributed by atoms with van der Waals surface area (Å²) >= 11 is 0. The largest absolute Gasteiger partial charge is 0.377 e. The standard InChI is InChI=1S/C15H23NO/c1-12-7-3-4-9-15(12)13(2)16-11-14-8-5-6-10-17-14/h3-4,7,9,13-14,16H,5-6,8,10-11H2,1-2H3/t13-,14?/m0/s1. The Morgan fingerprint density at radius 3 is 2.88 bits per heavy atom. The molecule has 17 heavy (non-hydrogen) atoms. The van der Waals surface area contributed by atoms with Crippen LogP contribution < -0.4 is 5.32 Å². The first-order valence-corrected chi connectivity index (χ1v) is 6.68. The highest BCUT2D eigenvalue weighted by Gasteiger charge is 2.15. The molecule has 1 saturated heterocycles. The lowest BCUT2D eigenvalue weighted by molar-refractivity contribution is 0.0156. The molecule has 1 aromatic rings. The van der Waals surface area contributed by atoms with Gasteiger partial charge in [-0.2, -0.15) is 0 Å². The van der Waals surface area contributed by atoms with Crippen molar-refractivity contribution in [2.75, 3.05) is 13.2 Å². The molecule has 2 heteroatoms. The van der Waals surface area contributed by atoms with Crippen molar-refractivity contribution in [3.63, 3.8) is 0 Å². The van der Waals surface area contributed by atoms with Crippen LogP contribution in [0, 0.1) is 6.92 Å². The van der Waals surface area contributed by atoms with E-state index in [4.69, 9.17) is 4.74 Å². The predicted molar refractivity (Wildman–Crippen MR) is 71.2 cm³/mol. The van der Waals surface area contributed by atoms with Gasteiger partial charge in [0.05, 0.1) is 6.10 Å². The number of rotatable bonds is 4. The molecular weight excluding hydrogens is 210 g/mol. The molecular formula is C15H23NO. The van der Waals surface area contributed by atoms with Gasteiger partial charge in [0.1, 0.15) is 0 Å². The summed E-state index contributed by atoms with van der Waals surface area (Å²) in [5.41, 5.74) is 2.75. The minimum Gasteiger partial charge on any atom is -0.377 e. The van der Waals surface area contributed by atoms with E-state index in [2.05, 4.69) is 43.4 Å². The molecule has 0 bridgehead atoms. The highest BCUT2D eigenvalue weighted by Crippen LogP contribution is 2.18. The number of hydrogen-bond acceptors (Lipinski definition) is 2. The molecule has 1 heterocycles. The van der Waals surface area contributed by atoms with Crippen molar-refractivity contribution in [1.29, 1.82) is 0 Å². The first-order valence-electron chi connectivity index (χ1n) is 6.68. The van der Waals surface area contributed by atoms with Crippen LogP contribution in [0.4, 0.5) is 0 Å². The van der Waals surface area contributed by atoms with Gasteiger partial charge in [-0.15, -0.1) is 0 Å². The van der Waals surface area contributed by atoms with Crippen LogP contribution in [0.25, 0.3) is 0 Å². The zero-order valence-corrected chi connectivity index (χ0v) is 10.9. The van der Waals surface area contributed by atoms with Gasteiger partial charge in [0.25, 0.3) is 0 Å². The molecule has 0 aromatic heterocycles. The summed E-state index contributed by atoms with van der Waals surface area (Å²) in [6.45, 7) is 6.30. The Bertz CT molecular complexity index is 345. The van der Waals surface area contributed by atoms with Crippen LogP contribution in [-0.4, -0.2) is 19.3 Å². The second kappa shape index (κ2) is 6.18. The lowest BCUT2D eigenvalue weighted by atomic mass is 10.0. The zero-order valence-electron chi connectivity index (χ0n) is 10.9. The summed E-state index contributed by atoms with van der Waals surface area (Å²) in [6, 6.07) is 8.98. The van der Waals surface area contributed by atoms with Crippen LogP contribution in [0.1, 0.15) is 43.4 Å². The van der Waals surface area contributed by atoms with Gasteiger partial charge in [-0.25, -0.2) is 0 Å². The molecule has 1 fully saturated rings. The van der Waals surface area contributed by atoms with Crippen LogP contribution >= 0.6 is 0 Å². The van der Waals surface area contributed by atoms with Gasteiger partial charge >= 0.3 is 0 Å². The van der Waals surface area contributed by atoms with E-state index >= 15 is 0 Å². The van der Waals surface area contributed by atoms with E-state index in [1.54, 1.807) is 0 Å². The van der Waals surface area contributed by atoms with E-state index in [-0.39, 0.29) is 0 Å². The molecule has 1 aliphatic rings. The van der Waals surface area contributed by atoms with Gasteiger partial charge in [0, 0.05) is 19.2 Å². The summed E-state index contributed by atoms with van der Waals surface area (Å²) in [7, 11) is 0. The Hall–Kier alpha value is -0.860. The minimum absolute atomic E-state index is 0.404. The molecule has 94 valence electrons. The predicted octanol–water partition coefficient (Wildman–Crippen LogP) is 3.21. The number of benzene rings is 1. The van der Waals surface area contributed by atoms with E-state index in [0.717, 1.165) is 13.2 Å². The summed E-state index contributed by atoms with van der Waals surface area (Å²) in [5, 5.41) is 3.58. The lowest BCUT2D eigenvalue weighted by Gasteiger charge is -2.25. The fraction of sp³-hybridized carbons (Fsp3) is 0.600. The van der Waals surface area contributed by atoms with E-state index in [1.807, 2.05) is 0 Å². The molecule has 2 nitrogen and oxygen atoms in total. The van der Waals surface area contributed by atoms with Gasteiger partial charge < -0.3 is 10.1 Å². The molecule has 1 aromatic carbocycles. The zero-order chi connectivity index (χ0) is 12.1. The van der Waals surface area contributed by atoms with Crippen molar-refractivity contribution in [3.8, 4) is 0 Å². The molecule has 0 saturated carbocycles. The maximum atomic E-state index is 5.73. The second-order valence-electron chi connectivity index (χ2n) is 4.98. The van der Waals surface area contributed by atoms with Crippen LogP contribution in [0.3, 0.4) is 0 Å².